The largest absolute Gasteiger partial charge is 0.491 e. The quantitative estimate of drug-likeness (QED) is 0.564. The molecule has 2 aliphatic heterocycles. The summed E-state index contributed by atoms with van der Waals surface area (Å²) in [4.78, 5) is 18.5. The van der Waals surface area contributed by atoms with Crippen LogP contribution in [0.2, 0.25) is 5.02 Å². The Morgan fingerprint density at radius 1 is 1.26 bits per heavy atom. The van der Waals surface area contributed by atoms with E-state index in [2.05, 4.69) is 15.2 Å². The van der Waals surface area contributed by atoms with Crippen molar-refractivity contribution in [3.05, 3.63) is 52.3 Å². The van der Waals surface area contributed by atoms with Gasteiger partial charge >= 0.3 is 6.18 Å². The Kier molecular flexibility index (Phi) is 6.54. The number of hydrogen-bond donors (Lipinski definition) is 3. The maximum Gasteiger partial charge on any atom is 0.418 e. The molecule has 1 spiro atoms. The molecule has 1 saturated heterocycles. The molecule has 1 fully saturated rings. The lowest BCUT2D eigenvalue weighted by atomic mass is 9.73. The van der Waals surface area contributed by atoms with Crippen molar-refractivity contribution in [2.24, 2.45) is 0 Å². The number of anilines is 1. The minimum atomic E-state index is -4.77. The van der Waals surface area contributed by atoms with Gasteiger partial charge in [0, 0.05) is 17.3 Å². The smallest absolute Gasteiger partial charge is 0.418 e. The number of amides is 1. The lowest BCUT2D eigenvalue weighted by molar-refractivity contribution is -0.142. The van der Waals surface area contributed by atoms with Crippen LogP contribution in [-0.2, 0) is 22.0 Å². The molecule has 34 heavy (non-hydrogen) atoms. The third kappa shape index (κ3) is 4.59. The zero-order valence-electron chi connectivity index (χ0n) is 18.5. The molecule has 1 atom stereocenters. The van der Waals surface area contributed by atoms with E-state index in [0.717, 1.165) is 30.4 Å². The van der Waals surface area contributed by atoms with Crippen LogP contribution in [0, 0.1) is 0 Å². The molecular formula is C23H25ClF3N3O4. The maximum atomic E-state index is 13.5. The maximum absolute atomic E-state index is 13.5. The van der Waals surface area contributed by atoms with Gasteiger partial charge in [-0.25, -0.2) is 0 Å². The predicted molar refractivity (Wildman–Crippen MR) is 119 cm³/mol. The van der Waals surface area contributed by atoms with Gasteiger partial charge in [-0.15, -0.1) is 0 Å². The van der Waals surface area contributed by atoms with Crippen LogP contribution in [0.1, 0.15) is 36.6 Å². The Morgan fingerprint density at radius 3 is 2.62 bits per heavy atom. The molecule has 11 heteroatoms. The molecule has 2 aromatic rings. The van der Waals surface area contributed by atoms with Crippen molar-refractivity contribution < 1.29 is 32.9 Å². The summed E-state index contributed by atoms with van der Waals surface area (Å²) >= 11 is 6.14. The second-order valence-corrected chi connectivity index (χ2v) is 9.35. The van der Waals surface area contributed by atoms with Crippen molar-refractivity contribution in [1.29, 1.82) is 0 Å². The number of alkyl halides is 3. The topological polar surface area (TPSA) is 94.9 Å². The van der Waals surface area contributed by atoms with E-state index in [-0.39, 0.29) is 18.3 Å². The van der Waals surface area contributed by atoms with E-state index in [1.54, 1.807) is 12.1 Å². The Hall–Kier alpha value is -2.40. The number of halogens is 4. The highest BCUT2D eigenvalue weighted by molar-refractivity contribution is 6.31. The molecule has 0 radical (unpaired) electrons. The number of aromatic nitrogens is 1. The molecule has 3 N–H and O–H groups in total. The first-order valence-corrected chi connectivity index (χ1v) is 11.2. The van der Waals surface area contributed by atoms with Crippen molar-refractivity contribution in [1.82, 2.24) is 9.88 Å². The molecule has 184 valence electrons. The number of piperidine rings is 1. The van der Waals surface area contributed by atoms with Gasteiger partial charge < -0.3 is 20.3 Å². The average molecular weight is 500 g/mol. The second kappa shape index (κ2) is 8.99. The zero-order valence-corrected chi connectivity index (χ0v) is 19.2. The summed E-state index contributed by atoms with van der Waals surface area (Å²) in [6, 6.07) is 6.15. The van der Waals surface area contributed by atoms with Gasteiger partial charge in [-0.2, -0.15) is 13.2 Å². The molecule has 0 saturated carbocycles. The summed E-state index contributed by atoms with van der Waals surface area (Å²) in [7, 11) is 0. The minimum Gasteiger partial charge on any atom is -0.491 e. The van der Waals surface area contributed by atoms with Gasteiger partial charge in [0.05, 0.1) is 29.5 Å². The summed E-state index contributed by atoms with van der Waals surface area (Å²) in [5, 5.41) is 22.8. The standard InChI is InChI=1S/C23H25ClF3N3O4/c1-21(33,13-31)19-17(23(25,26)27)11-15(12-28-19)34-9-8-30-6-4-22(5-7-30)16-10-14(24)2-3-18(16)29-20(22)32/h2-3,10-12,31,33H,4-9,13H2,1H3,(H,29,32)/t21-/m1/s1. The van der Waals surface area contributed by atoms with Gasteiger partial charge in [-0.3, -0.25) is 14.7 Å². The SMILES string of the molecule is C[C@@](O)(CO)c1ncc(OCCN2CCC3(CC2)C(=O)Nc2ccc(Cl)cc23)cc1C(F)(F)F. The molecule has 7 nitrogen and oxygen atoms in total. The third-order valence-corrected chi connectivity index (χ3v) is 6.79. The lowest BCUT2D eigenvalue weighted by Gasteiger charge is -2.38. The number of ether oxygens (including phenoxy) is 1. The number of carbonyl (C=O) groups excluding carboxylic acids is 1. The van der Waals surface area contributed by atoms with Crippen molar-refractivity contribution in [3.8, 4) is 5.75 Å². The van der Waals surface area contributed by atoms with E-state index in [1.807, 2.05) is 6.07 Å². The van der Waals surface area contributed by atoms with Crippen LogP contribution in [-0.4, -0.2) is 58.9 Å². The van der Waals surface area contributed by atoms with Gasteiger partial charge in [0.15, 0.2) is 0 Å². The summed E-state index contributed by atoms with van der Waals surface area (Å²) in [6.07, 6.45) is -2.49. The minimum absolute atomic E-state index is 0.0368. The van der Waals surface area contributed by atoms with E-state index in [9.17, 15) is 28.2 Å². The van der Waals surface area contributed by atoms with E-state index >= 15 is 0 Å². The third-order valence-electron chi connectivity index (χ3n) is 6.55. The first kappa shape index (κ1) is 24.7. The van der Waals surface area contributed by atoms with Gasteiger partial charge in [0.2, 0.25) is 5.91 Å². The highest BCUT2D eigenvalue weighted by atomic mass is 35.5. The van der Waals surface area contributed by atoms with E-state index in [0.29, 0.717) is 37.5 Å². The summed E-state index contributed by atoms with van der Waals surface area (Å²) in [5.74, 6) is -0.123. The molecular weight excluding hydrogens is 475 g/mol. The number of nitrogens with one attached hydrogen (secondary N) is 1. The molecule has 1 aromatic carbocycles. The Balaban J connectivity index is 1.38. The van der Waals surface area contributed by atoms with Crippen molar-refractivity contribution in [2.45, 2.75) is 37.0 Å². The van der Waals surface area contributed by atoms with Crippen LogP contribution in [0.4, 0.5) is 18.9 Å². The molecule has 1 amide bonds. The number of carbonyl (C=O) groups is 1. The fourth-order valence-corrected chi connectivity index (χ4v) is 4.75. The summed E-state index contributed by atoms with van der Waals surface area (Å²) in [5.41, 5.74) is -2.89. The van der Waals surface area contributed by atoms with Crippen LogP contribution in [0.5, 0.6) is 5.75 Å². The number of rotatable bonds is 6. The molecule has 4 rings (SSSR count). The van der Waals surface area contributed by atoms with Gasteiger partial charge in [0.1, 0.15) is 18.0 Å². The monoisotopic (exact) mass is 499 g/mol. The van der Waals surface area contributed by atoms with Crippen LogP contribution in [0.3, 0.4) is 0 Å². The number of nitrogens with zero attached hydrogens (tertiary/aromatic N) is 2. The zero-order chi connectivity index (χ0) is 24.7. The first-order chi connectivity index (χ1) is 16.0. The highest BCUT2D eigenvalue weighted by Crippen LogP contribution is 2.45. The number of fused-ring (bicyclic) bond motifs is 2. The number of aliphatic hydroxyl groups is 2. The molecule has 2 aliphatic rings. The van der Waals surface area contributed by atoms with Crippen LogP contribution >= 0.6 is 11.6 Å². The lowest BCUT2D eigenvalue weighted by Crippen LogP contribution is -2.47. The number of pyridine rings is 1. The molecule has 0 aliphatic carbocycles. The molecule has 3 heterocycles. The molecule has 0 bridgehead atoms. The molecule has 1 aromatic heterocycles. The highest BCUT2D eigenvalue weighted by Gasteiger charge is 2.48. The predicted octanol–water partition coefficient (Wildman–Crippen LogP) is 3.32. The fourth-order valence-electron chi connectivity index (χ4n) is 4.58. The van der Waals surface area contributed by atoms with Crippen LogP contribution < -0.4 is 10.1 Å². The van der Waals surface area contributed by atoms with Gasteiger partial charge in [0.25, 0.3) is 0 Å². The van der Waals surface area contributed by atoms with Crippen molar-refractivity contribution in [3.63, 3.8) is 0 Å². The average Bonchev–Trinajstić information content (AvgIpc) is 3.05. The van der Waals surface area contributed by atoms with Crippen molar-refractivity contribution >= 4 is 23.2 Å². The normalized spacial score (nSPS) is 19.6. The Morgan fingerprint density at radius 2 is 1.97 bits per heavy atom. The number of likely N-dealkylation sites (tertiary alicyclic amines) is 1. The second-order valence-electron chi connectivity index (χ2n) is 8.91. The number of hydrogen-bond acceptors (Lipinski definition) is 6. The molecule has 0 unspecified atom stereocenters. The Bertz CT molecular complexity index is 1090. The van der Waals surface area contributed by atoms with Crippen LogP contribution in [0.25, 0.3) is 0 Å². The first-order valence-electron chi connectivity index (χ1n) is 10.8. The summed E-state index contributed by atoms with van der Waals surface area (Å²) in [6.45, 7) is 1.97. The number of aliphatic hydroxyl groups excluding tert-OH is 1. The van der Waals surface area contributed by atoms with Crippen molar-refractivity contribution in [2.75, 3.05) is 38.2 Å². The van der Waals surface area contributed by atoms with Gasteiger partial charge in [-0.1, -0.05) is 11.6 Å². The van der Waals surface area contributed by atoms with E-state index < -0.39 is 35.1 Å². The van der Waals surface area contributed by atoms with E-state index in [1.165, 1.54) is 0 Å². The Labute approximate surface area is 199 Å². The van der Waals surface area contributed by atoms with Crippen LogP contribution in [0.15, 0.2) is 30.5 Å². The van der Waals surface area contributed by atoms with Gasteiger partial charge in [-0.05, 0) is 62.7 Å². The fraction of sp³-hybridized carbons (Fsp3) is 0.478. The number of benzene rings is 1. The van der Waals surface area contributed by atoms with E-state index in [4.69, 9.17) is 16.3 Å². The summed E-state index contributed by atoms with van der Waals surface area (Å²) < 4.78 is 45.9.